The molecular weight excluding hydrogens is 186 g/mol. The quantitative estimate of drug-likeness (QED) is 0.694. The summed E-state index contributed by atoms with van der Waals surface area (Å²) in [6.45, 7) is 4.00. The lowest BCUT2D eigenvalue weighted by Gasteiger charge is -2.10. The minimum absolute atomic E-state index is 0.826. The monoisotopic (exact) mass is 207 g/mol. The third kappa shape index (κ3) is 4.34. The topological polar surface area (TPSA) is 21.3 Å². The van der Waals surface area contributed by atoms with Crippen LogP contribution in [0.25, 0.3) is 0 Å². The first-order valence-electron chi connectivity index (χ1n) is 5.73. The van der Waals surface area contributed by atoms with E-state index in [2.05, 4.69) is 30.4 Å². The van der Waals surface area contributed by atoms with Crippen LogP contribution in [-0.2, 0) is 6.42 Å². The van der Waals surface area contributed by atoms with Gasteiger partial charge in [0.2, 0.25) is 0 Å². The molecule has 2 nitrogen and oxygen atoms in total. The summed E-state index contributed by atoms with van der Waals surface area (Å²) in [5.41, 5.74) is 1.29. The van der Waals surface area contributed by atoms with Crippen LogP contribution in [0.3, 0.4) is 0 Å². The van der Waals surface area contributed by atoms with Crippen molar-refractivity contribution < 1.29 is 4.74 Å². The molecular formula is C13H21NO. The standard InChI is InChI=1S/C13H21NO/c1-3-4-11-15-13-8-6-5-7-12(13)9-10-14-2/h5-8,14H,3-4,9-11H2,1-2H3. The number of hydrogen-bond acceptors (Lipinski definition) is 2. The van der Waals surface area contributed by atoms with Crippen molar-refractivity contribution in [1.82, 2.24) is 5.32 Å². The van der Waals surface area contributed by atoms with Gasteiger partial charge in [0.05, 0.1) is 6.61 Å². The second-order valence-electron chi connectivity index (χ2n) is 3.66. The van der Waals surface area contributed by atoms with Crippen molar-refractivity contribution in [2.75, 3.05) is 20.2 Å². The van der Waals surface area contributed by atoms with Crippen LogP contribution < -0.4 is 10.1 Å². The smallest absolute Gasteiger partial charge is 0.122 e. The average Bonchev–Trinajstić information content (AvgIpc) is 2.28. The lowest BCUT2D eigenvalue weighted by atomic mass is 10.1. The van der Waals surface area contributed by atoms with Gasteiger partial charge in [-0.1, -0.05) is 31.5 Å². The Hall–Kier alpha value is -1.02. The summed E-state index contributed by atoms with van der Waals surface area (Å²) >= 11 is 0. The second kappa shape index (κ2) is 7.30. The number of hydrogen-bond donors (Lipinski definition) is 1. The zero-order valence-corrected chi connectivity index (χ0v) is 9.75. The minimum atomic E-state index is 0.826. The van der Waals surface area contributed by atoms with Gasteiger partial charge in [-0.25, -0.2) is 0 Å². The fourth-order valence-electron chi connectivity index (χ4n) is 1.44. The Morgan fingerprint density at radius 1 is 1.27 bits per heavy atom. The molecule has 0 aromatic heterocycles. The summed E-state index contributed by atoms with van der Waals surface area (Å²) < 4.78 is 5.75. The number of unbranched alkanes of at least 4 members (excludes halogenated alkanes) is 1. The van der Waals surface area contributed by atoms with Crippen LogP contribution in [0.2, 0.25) is 0 Å². The molecule has 15 heavy (non-hydrogen) atoms. The Labute approximate surface area is 92.6 Å². The number of rotatable bonds is 7. The summed E-state index contributed by atoms with van der Waals surface area (Å²) in [7, 11) is 1.97. The van der Waals surface area contributed by atoms with Gasteiger partial charge in [0, 0.05) is 0 Å². The number of nitrogens with one attached hydrogen (secondary N) is 1. The van der Waals surface area contributed by atoms with Gasteiger partial charge >= 0.3 is 0 Å². The molecule has 0 saturated carbocycles. The first kappa shape index (κ1) is 12.1. The zero-order chi connectivity index (χ0) is 10.9. The highest BCUT2D eigenvalue weighted by atomic mass is 16.5. The lowest BCUT2D eigenvalue weighted by Crippen LogP contribution is -2.11. The van der Waals surface area contributed by atoms with Crippen molar-refractivity contribution in [3.05, 3.63) is 29.8 Å². The van der Waals surface area contributed by atoms with Crippen LogP contribution in [0, 0.1) is 0 Å². The molecule has 0 amide bonds. The van der Waals surface area contributed by atoms with Crippen molar-refractivity contribution in [3.8, 4) is 5.75 Å². The van der Waals surface area contributed by atoms with Crippen LogP contribution in [0.15, 0.2) is 24.3 Å². The van der Waals surface area contributed by atoms with E-state index < -0.39 is 0 Å². The lowest BCUT2D eigenvalue weighted by molar-refractivity contribution is 0.306. The average molecular weight is 207 g/mol. The third-order valence-electron chi connectivity index (χ3n) is 2.37. The summed E-state index contributed by atoms with van der Waals surface area (Å²) in [5, 5.41) is 3.16. The van der Waals surface area contributed by atoms with E-state index in [1.165, 1.54) is 12.0 Å². The van der Waals surface area contributed by atoms with Crippen molar-refractivity contribution >= 4 is 0 Å². The molecule has 1 aromatic rings. The SMILES string of the molecule is CCCCOc1ccccc1CCNC. The fourth-order valence-corrected chi connectivity index (χ4v) is 1.44. The van der Waals surface area contributed by atoms with Crippen LogP contribution in [0.4, 0.5) is 0 Å². The van der Waals surface area contributed by atoms with Crippen LogP contribution in [0.5, 0.6) is 5.75 Å². The molecule has 0 bridgehead atoms. The van der Waals surface area contributed by atoms with Crippen LogP contribution >= 0.6 is 0 Å². The van der Waals surface area contributed by atoms with Gasteiger partial charge in [-0.05, 0) is 38.1 Å². The first-order chi connectivity index (χ1) is 7.38. The molecule has 0 atom stereocenters. The van der Waals surface area contributed by atoms with Gasteiger partial charge in [-0.15, -0.1) is 0 Å². The second-order valence-corrected chi connectivity index (χ2v) is 3.66. The molecule has 0 aliphatic carbocycles. The minimum Gasteiger partial charge on any atom is -0.493 e. The first-order valence-corrected chi connectivity index (χ1v) is 5.73. The fraction of sp³-hybridized carbons (Fsp3) is 0.538. The molecule has 84 valence electrons. The van der Waals surface area contributed by atoms with Gasteiger partial charge < -0.3 is 10.1 Å². The van der Waals surface area contributed by atoms with Gasteiger partial charge in [0.25, 0.3) is 0 Å². The molecule has 0 saturated heterocycles. The Balaban J connectivity index is 2.52. The summed E-state index contributed by atoms with van der Waals surface area (Å²) in [6, 6.07) is 8.29. The normalized spacial score (nSPS) is 10.3. The predicted molar refractivity (Wildman–Crippen MR) is 64.5 cm³/mol. The number of ether oxygens (including phenoxy) is 1. The van der Waals surface area contributed by atoms with Crippen molar-refractivity contribution in [2.45, 2.75) is 26.2 Å². The van der Waals surface area contributed by atoms with E-state index in [9.17, 15) is 0 Å². The molecule has 0 spiro atoms. The zero-order valence-electron chi connectivity index (χ0n) is 9.75. The highest BCUT2D eigenvalue weighted by molar-refractivity contribution is 5.33. The highest BCUT2D eigenvalue weighted by Crippen LogP contribution is 2.18. The molecule has 0 aliphatic rings. The van der Waals surface area contributed by atoms with Crippen molar-refractivity contribution in [1.29, 1.82) is 0 Å². The molecule has 0 radical (unpaired) electrons. The molecule has 0 unspecified atom stereocenters. The Morgan fingerprint density at radius 3 is 2.80 bits per heavy atom. The van der Waals surface area contributed by atoms with E-state index in [1.807, 2.05) is 13.1 Å². The largest absolute Gasteiger partial charge is 0.493 e. The number of benzene rings is 1. The molecule has 1 rings (SSSR count). The summed E-state index contributed by atoms with van der Waals surface area (Å²) in [4.78, 5) is 0. The molecule has 0 fully saturated rings. The molecule has 2 heteroatoms. The maximum absolute atomic E-state index is 5.75. The van der Waals surface area contributed by atoms with Crippen molar-refractivity contribution in [2.24, 2.45) is 0 Å². The molecule has 1 N–H and O–H groups in total. The molecule has 0 aliphatic heterocycles. The van der Waals surface area contributed by atoms with Gasteiger partial charge in [0.15, 0.2) is 0 Å². The number of para-hydroxylation sites is 1. The molecule has 0 heterocycles. The summed E-state index contributed by atoms with van der Waals surface area (Å²) in [5.74, 6) is 1.04. The van der Waals surface area contributed by atoms with Gasteiger partial charge in [0.1, 0.15) is 5.75 Å². The van der Waals surface area contributed by atoms with E-state index in [1.54, 1.807) is 0 Å². The Morgan fingerprint density at radius 2 is 2.07 bits per heavy atom. The highest BCUT2D eigenvalue weighted by Gasteiger charge is 2.01. The van der Waals surface area contributed by atoms with E-state index >= 15 is 0 Å². The predicted octanol–water partition coefficient (Wildman–Crippen LogP) is 2.63. The maximum atomic E-state index is 5.75. The van der Waals surface area contributed by atoms with Crippen LogP contribution in [0.1, 0.15) is 25.3 Å². The van der Waals surface area contributed by atoms with E-state index in [0.29, 0.717) is 0 Å². The van der Waals surface area contributed by atoms with E-state index in [-0.39, 0.29) is 0 Å². The van der Waals surface area contributed by atoms with E-state index in [0.717, 1.165) is 31.7 Å². The van der Waals surface area contributed by atoms with Gasteiger partial charge in [-0.3, -0.25) is 0 Å². The third-order valence-corrected chi connectivity index (χ3v) is 2.37. The number of likely N-dealkylation sites (N-methyl/N-ethyl adjacent to an activating group) is 1. The van der Waals surface area contributed by atoms with Crippen LogP contribution in [-0.4, -0.2) is 20.2 Å². The van der Waals surface area contributed by atoms with E-state index in [4.69, 9.17) is 4.74 Å². The molecule has 1 aromatic carbocycles. The Kier molecular flexibility index (Phi) is 5.86. The van der Waals surface area contributed by atoms with Gasteiger partial charge in [-0.2, -0.15) is 0 Å². The maximum Gasteiger partial charge on any atom is 0.122 e. The van der Waals surface area contributed by atoms with Crippen molar-refractivity contribution in [3.63, 3.8) is 0 Å². The Bertz CT molecular complexity index is 273. The summed E-state index contributed by atoms with van der Waals surface area (Å²) in [6.07, 6.45) is 3.33.